The van der Waals surface area contributed by atoms with Crippen molar-refractivity contribution in [2.24, 2.45) is 0 Å². The van der Waals surface area contributed by atoms with E-state index in [9.17, 15) is 4.79 Å². The monoisotopic (exact) mass is 360 g/mol. The molecule has 0 saturated carbocycles. The summed E-state index contributed by atoms with van der Waals surface area (Å²) in [4.78, 5) is 20.1. The van der Waals surface area contributed by atoms with Crippen molar-refractivity contribution in [1.29, 1.82) is 0 Å². The second-order valence-corrected chi connectivity index (χ2v) is 7.20. The summed E-state index contributed by atoms with van der Waals surface area (Å²) in [6.45, 7) is 5.60. The van der Waals surface area contributed by atoms with Gasteiger partial charge in [0.05, 0.1) is 23.1 Å². The van der Waals surface area contributed by atoms with Crippen LogP contribution in [0.25, 0.3) is 27.3 Å². The Morgan fingerprint density at radius 3 is 2.30 bits per heavy atom. The minimum atomic E-state index is -0.142. The second kappa shape index (κ2) is 6.03. The smallest absolute Gasteiger partial charge is 0.282 e. The topological polar surface area (TPSA) is 59.7 Å². The summed E-state index contributed by atoms with van der Waals surface area (Å²) in [7, 11) is 0. The van der Waals surface area contributed by atoms with Gasteiger partial charge in [0.1, 0.15) is 0 Å². The van der Waals surface area contributed by atoms with Crippen LogP contribution in [0.15, 0.2) is 53.3 Å². The van der Waals surface area contributed by atoms with Crippen molar-refractivity contribution in [3.63, 3.8) is 0 Å². The van der Waals surface area contributed by atoms with E-state index < -0.39 is 0 Å². The number of benzene rings is 2. The van der Waals surface area contributed by atoms with E-state index >= 15 is 0 Å². The summed E-state index contributed by atoms with van der Waals surface area (Å²) in [6.07, 6.45) is 0.216. The molecule has 1 aliphatic heterocycles. The van der Waals surface area contributed by atoms with E-state index in [1.807, 2.05) is 42.5 Å². The van der Waals surface area contributed by atoms with Gasteiger partial charge in [0.15, 0.2) is 11.5 Å². The van der Waals surface area contributed by atoms with E-state index in [2.05, 4.69) is 18.7 Å². The molecule has 27 heavy (non-hydrogen) atoms. The van der Waals surface area contributed by atoms with Gasteiger partial charge in [-0.2, -0.15) is 4.52 Å². The highest BCUT2D eigenvalue weighted by Crippen LogP contribution is 2.29. The highest BCUT2D eigenvalue weighted by atomic mass is 16.5. The zero-order valence-electron chi connectivity index (χ0n) is 15.3. The van der Waals surface area contributed by atoms with Gasteiger partial charge in [0, 0.05) is 23.9 Å². The minimum absolute atomic E-state index is 0.108. The van der Waals surface area contributed by atoms with Crippen molar-refractivity contribution in [1.82, 2.24) is 14.6 Å². The molecule has 1 fully saturated rings. The number of aromatic nitrogens is 3. The van der Waals surface area contributed by atoms with E-state index in [4.69, 9.17) is 14.8 Å². The molecule has 2 atom stereocenters. The molecule has 0 unspecified atom stereocenters. The standard InChI is InChI=1S/C21H20N4O2/c1-13-11-24(12-14(2)27-13)20-16-8-4-3-7-15(16)19-22-18-10-6-5-9-17(18)21(26)25(19)23-20/h3-10,13-14H,11-12H2,1-2H3/t13-,14+. The van der Waals surface area contributed by atoms with Crippen molar-refractivity contribution in [3.8, 4) is 0 Å². The molecule has 136 valence electrons. The third-order valence-corrected chi connectivity index (χ3v) is 5.08. The Labute approximate surface area is 156 Å². The van der Waals surface area contributed by atoms with Gasteiger partial charge in [-0.1, -0.05) is 36.4 Å². The lowest BCUT2D eigenvalue weighted by atomic mass is 10.1. The van der Waals surface area contributed by atoms with Crippen molar-refractivity contribution in [3.05, 3.63) is 58.9 Å². The molecule has 0 radical (unpaired) electrons. The molecule has 2 aromatic carbocycles. The summed E-state index contributed by atoms with van der Waals surface area (Å²) in [6, 6.07) is 15.4. The van der Waals surface area contributed by atoms with Crippen molar-refractivity contribution in [2.75, 3.05) is 18.0 Å². The third-order valence-electron chi connectivity index (χ3n) is 5.08. The molecule has 0 amide bonds. The Hall–Kier alpha value is -2.99. The van der Waals surface area contributed by atoms with E-state index in [0.29, 0.717) is 16.6 Å². The SMILES string of the molecule is C[C@@H]1CN(c2nn3c(=O)c4ccccc4nc3c3ccccc23)C[C@H](C)O1. The fourth-order valence-corrected chi connectivity index (χ4v) is 4.00. The molecular formula is C21H20N4O2. The molecule has 5 rings (SSSR count). The largest absolute Gasteiger partial charge is 0.372 e. The highest BCUT2D eigenvalue weighted by Gasteiger charge is 2.25. The van der Waals surface area contributed by atoms with Crippen LogP contribution in [0.5, 0.6) is 0 Å². The number of ether oxygens (including phenoxy) is 1. The molecule has 6 nitrogen and oxygen atoms in total. The maximum atomic E-state index is 13.1. The van der Waals surface area contributed by atoms with Crippen LogP contribution in [0.2, 0.25) is 0 Å². The molecule has 1 aliphatic rings. The number of nitrogens with zero attached hydrogens (tertiary/aromatic N) is 4. The second-order valence-electron chi connectivity index (χ2n) is 7.20. The maximum Gasteiger partial charge on any atom is 0.282 e. The molecule has 0 aliphatic carbocycles. The maximum absolute atomic E-state index is 13.1. The zero-order chi connectivity index (χ0) is 18.5. The lowest BCUT2D eigenvalue weighted by Gasteiger charge is -2.36. The molecule has 0 N–H and O–H groups in total. The third kappa shape index (κ3) is 2.56. The first-order chi connectivity index (χ1) is 13.1. The van der Waals surface area contributed by atoms with Gasteiger partial charge >= 0.3 is 0 Å². The van der Waals surface area contributed by atoms with Crippen LogP contribution in [0.4, 0.5) is 5.82 Å². The molecule has 4 aromatic rings. The number of fused-ring (bicyclic) bond motifs is 4. The minimum Gasteiger partial charge on any atom is -0.372 e. The van der Waals surface area contributed by atoms with Gasteiger partial charge in [0.25, 0.3) is 5.56 Å². The molecule has 6 heteroatoms. The lowest BCUT2D eigenvalue weighted by molar-refractivity contribution is -0.00542. The molecule has 3 heterocycles. The van der Waals surface area contributed by atoms with Gasteiger partial charge in [-0.3, -0.25) is 4.79 Å². The summed E-state index contributed by atoms with van der Waals surface area (Å²) < 4.78 is 7.32. The highest BCUT2D eigenvalue weighted by molar-refractivity contribution is 6.01. The van der Waals surface area contributed by atoms with Gasteiger partial charge < -0.3 is 9.64 Å². The number of hydrogen-bond donors (Lipinski definition) is 0. The van der Waals surface area contributed by atoms with Crippen LogP contribution >= 0.6 is 0 Å². The van der Waals surface area contributed by atoms with Crippen LogP contribution in [0, 0.1) is 0 Å². The quantitative estimate of drug-likeness (QED) is 0.386. The Balaban J connectivity index is 1.86. The van der Waals surface area contributed by atoms with Crippen molar-refractivity contribution < 1.29 is 4.74 Å². The number of morpholine rings is 1. The van der Waals surface area contributed by atoms with Crippen LogP contribution in [-0.2, 0) is 4.74 Å². The zero-order valence-corrected chi connectivity index (χ0v) is 15.3. The van der Waals surface area contributed by atoms with Gasteiger partial charge in [0.2, 0.25) is 0 Å². The Morgan fingerprint density at radius 1 is 0.926 bits per heavy atom. The molecule has 1 saturated heterocycles. The summed E-state index contributed by atoms with van der Waals surface area (Å²) in [5.74, 6) is 0.805. The first kappa shape index (κ1) is 16.2. The van der Waals surface area contributed by atoms with Crippen LogP contribution in [-0.4, -0.2) is 39.9 Å². The lowest BCUT2D eigenvalue weighted by Crippen LogP contribution is -2.46. The number of anilines is 1. The molecule has 0 spiro atoms. The molecular weight excluding hydrogens is 340 g/mol. The fraction of sp³-hybridized carbons (Fsp3) is 0.286. The van der Waals surface area contributed by atoms with Crippen LogP contribution in [0.1, 0.15) is 13.8 Å². The number of rotatable bonds is 1. The Morgan fingerprint density at radius 2 is 1.56 bits per heavy atom. The summed E-state index contributed by atoms with van der Waals surface area (Å²) >= 11 is 0. The van der Waals surface area contributed by atoms with E-state index in [1.165, 1.54) is 4.52 Å². The Bertz CT molecular complexity index is 1220. The van der Waals surface area contributed by atoms with Gasteiger partial charge in [-0.15, -0.1) is 5.10 Å². The summed E-state index contributed by atoms with van der Waals surface area (Å²) in [5.41, 5.74) is 1.14. The average Bonchev–Trinajstić information content (AvgIpc) is 2.67. The first-order valence-electron chi connectivity index (χ1n) is 9.23. The summed E-state index contributed by atoms with van der Waals surface area (Å²) in [5, 5.41) is 7.26. The van der Waals surface area contributed by atoms with Crippen LogP contribution in [0.3, 0.4) is 0 Å². The molecule has 2 aromatic heterocycles. The van der Waals surface area contributed by atoms with E-state index in [1.54, 1.807) is 6.07 Å². The fourth-order valence-electron chi connectivity index (χ4n) is 4.00. The predicted octanol–water partition coefficient (Wildman–Crippen LogP) is 3.01. The number of para-hydroxylation sites is 1. The van der Waals surface area contributed by atoms with E-state index in [-0.39, 0.29) is 17.8 Å². The van der Waals surface area contributed by atoms with E-state index in [0.717, 1.165) is 29.7 Å². The number of hydrogen-bond acceptors (Lipinski definition) is 5. The predicted molar refractivity (Wildman–Crippen MR) is 106 cm³/mol. The molecule has 0 bridgehead atoms. The normalized spacial score (nSPS) is 20.6. The van der Waals surface area contributed by atoms with Gasteiger partial charge in [-0.05, 0) is 26.0 Å². The average molecular weight is 360 g/mol. The Kier molecular flexibility index (Phi) is 3.62. The van der Waals surface area contributed by atoms with Crippen LogP contribution < -0.4 is 10.5 Å². The first-order valence-corrected chi connectivity index (χ1v) is 9.23. The van der Waals surface area contributed by atoms with Crippen molar-refractivity contribution >= 4 is 33.1 Å². The van der Waals surface area contributed by atoms with Crippen molar-refractivity contribution in [2.45, 2.75) is 26.1 Å². The van der Waals surface area contributed by atoms with Gasteiger partial charge in [-0.25, -0.2) is 4.98 Å².